The number of benzene rings is 1. The second kappa shape index (κ2) is 5.62. The molecule has 1 nitrogen and oxygen atoms in total. The van der Waals surface area contributed by atoms with Crippen LogP contribution in [0.5, 0.6) is 0 Å². The molecule has 100 valence electrons. The van der Waals surface area contributed by atoms with Crippen LogP contribution in [-0.2, 0) is 4.79 Å². The third-order valence-electron chi connectivity index (χ3n) is 4.58. The lowest BCUT2D eigenvalue weighted by Gasteiger charge is -2.15. The minimum atomic E-state index is 0.316. The largest absolute Gasteiger partial charge is 0.294 e. The van der Waals surface area contributed by atoms with E-state index >= 15 is 0 Å². The summed E-state index contributed by atoms with van der Waals surface area (Å²) in [5.74, 6) is 1.40. The predicted octanol–water partition coefficient (Wildman–Crippen LogP) is 5.00. The summed E-state index contributed by atoms with van der Waals surface area (Å²) in [6.45, 7) is 0. The van der Waals surface area contributed by atoms with E-state index in [1.807, 2.05) is 18.2 Å². The fourth-order valence-electron chi connectivity index (χ4n) is 3.54. The van der Waals surface area contributed by atoms with Gasteiger partial charge in [-0.2, -0.15) is 0 Å². The highest BCUT2D eigenvalue weighted by Crippen LogP contribution is 2.41. The first-order chi connectivity index (χ1) is 9.25. The van der Waals surface area contributed by atoms with Gasteiger partial charge in [-0.1, -0.05) is 47.0 Å². The standard InChI is InChI=1S/C17H19BrO/c18-16-8-4-3-7-13(16)11-14-9-10-15(17(14)19)12-5-1-2-6-12/h3-4,7-8,11-12,15H,1-2,5-6,9-10H2/b14-11+/t15-/m0/s1. The highest BCUT2D eigenvalue weighted by molar-refractivity contribution is 9.10. The summed E-state index contributed by atoms with van der Waals surface area (Å²) in [7, 11) is 0. The maximum absolute atomic E-state index is 12.5. The molecule has 2 fully saturated rings. The Bertz CT molecular complexity index is 512. The summed E-state index contributed by atoms with van der Waals surface area (Å²) in [5, 5.41) is 0. The van der Waals surface area contributed by atoms with E-state index in [1.54, 1.807) is 0 Å². The molecule has 0 N–H and O–H groups in total. The number of Topliss-reactive ketones (excluding diaryl/α,β-unsaturated/α-hetero) is 1. The van der Waals surface area contributed by atoms with Gasteiger partial charge in [0.1, 0.15) is 0 Å². The minimum absolute atomic E-state index is 0.316. The zero-order chi connectivity index (χ0) is 13.2. The maximum atomic E-state index is 12.5. The molecule has 0 aliphatic heterocycles. The van der Waals surface area contributed by atoms with Gasteiger partial charge in [0.15, 0.2) is 5.78 Å². The van der Waals surface area contributed by atoms with Crippen molar-refractivity contribution in [1.29, 1.82) is 0 Å². The highest BCUT2D eigenvalue weighted by atomic mass is 79.9. The molecule has 19 heavy (non-hydrogen) atoms. The van der Waals surface area contributed by atoms with E-state index in [0.29, 0.717) is 17.6 Å². The molecule has 2 saturated carbocycles. The van der Waals surface area contributed by atoms with Gasteiger partial charge in [-0.15, -0.1) is 0 Å². The number of ketones is 1. The molecule has 3 rings (SSSR count). The zero-order valence-corrected chi connectivity index (χ0v) is 12.7. The monoisotopic (exact) mass is 318 g/mol. The maximum Gasteiger partial charge on any atom is 0.162 e. The summed E-state index contributed by atoms with van der Waals surface area (Å²) < 4.78 is 1.07. The molecule has 1 aromatic carbocycles. The Morgan fingerprint density at radius 1 is 1.11 bits per heavy atom. The van der Waals surface area contributed by atoms with Gasteiger partial charge in [0.25, 0.3) is 0 Å². The number of hydrogen-bond acceptors (Lipinski definition) is 1. The lowest BCUT2D eigenvalue weighted by molar-refractivity contribution is -0.119. The SMILES string of the molecule is O=C1/C(=C/c2ccccc2Br)CC[C@H]1C1CCCC1. The lowest BCUT2D eigenvalue weighted by atomic mass is 9.88. The Morgan fingerprint density at radius 3 is 2.58 bits per heavy atom. The first kappa shape index (κ1) is 13.1. The minimum Gasteiger partial charge on any atom is -0.294 e. The quantitative estimate of drug-likeness (QED) is 0.701. The fraction of sp³-hybridized carbons (Fsp3) is 0.471. The summed E-state index contributed by atoms with van der Waals surface area (Å²) >= 11 is 3.55. The molecule has 0 amide bonds. The van der Waals surface area contributed by atoms with E-state index in [0.717, 1.165) is 28.5 Å². The van der Waals surface area contributed by atoms with Gasteiger partial charge in [-0.25, -0.2) is 0 Å². The van der Waals surface area contributed by atoms with Crippen molar-refractivity contribution in [3.63, 3.8) is 0 Å². The Balaban J connectivity index is 1.80. The van der Waals surface area contributed by atoms with Crippen LogP contribution in [0.2, 0.25) is 0 Å². The Hall–Kier alpha value is -0.890. The van der Waals surface area contributed by atoms with Crippen molar-refractivity contribution < 1.29 is 4.79 Å². The van der Waals surface area contributed by atoms with Crippen LogP contribution < -0.4 is 0 Å². The molecular formula is C17H19BrO. The van der Waals surface area contributed by atoms with Crippen LogP contribution in [-0.4, -0.2) is 5.78 Å². The van der Waals surface area contributed by atoms with Crippen LogP contribution >= 0.6 is 15.9 Å². The summed E-state index contributed by atoms with van der Waals surface area (Å²) in [6, 6.07) is 8.11. The van der Waals surface area contributed by atoms with Crippen LogP contribution in [0.15, 0.2) is 34.3 Å². The molecule has 0 unspecified atom stereocenters. The van der Waals surface area contributed by atoms with Gasteiger partial charge < -0.3 is 0 Å². The molecule has 0 radical (unpaired) electrons. The highest BCUT2D eigenvalue weighted by Gasteiger charge is 2.36. The van der Waals surface area contributed by atoms with Gasteiger partial charge in [-0.3, -0.25) is 4.79 Å². The molecule has 1 aromatic rings. The molecule has 2 aliphatic rings. The molecule has 0 aromatic heterocycles. The van der Waals surface area contributed by atoms with Crippen LogP contribution in [0.3, 0.4) is 0 Å². The van der Waals surface area contributed by atoms with Crippen molar-refractivity contribution in [2.45, 2.75) is 38.5 Å². The molecule has 0 bridgehead atoms. The number of carbonyl (C=O) groups excluding carboxylic acids is 1. The molecule has 0 spiro atoms. The fourth-order valence-corrected chi connectivity index (χ4v) is 3.94. The first-order valence-corrected chi connectivity index (χ1v) is 8.04. The van der Waals surface area contributed by atoms with Crippen molar-refractivity contribution in [1.82, 2.24) is 0 Å². The molecular weight excluding hydrogens is 300 g/mol. The molecule has 2 aliphatic carbocycles. The van der Waals surface area contributed by atoms with E-state index in [4.69, 9.17) is 0 Å². The van der Waals surface area contributed by atoms with Gasteiger partial charge >= 0.3 is 0 Å². The predicted molar refractivity (Wildman–Crippen MR) is 81.8 cm³/mol. The topological polar surface area (TPSA) is 17.1 Å². The lowest BCUT2D eigenvalue weighted by Crippen LogP contribution is -2.16. The van der Waals surface area contributed by atoms with Crippen molar-refractivity contribution >= 4 is 27.8 Å². The van der Waals surface area contributed by atoms with Gasteiger partial charge in [0.2, 0.25) is 0 Å². The molecule has 0 saturated heterocycles. The van der Waals surface area contributed by atoms with E-state index in [-0.39, 0.29) is 0 Å². The average Bonchev–Trinajstić information content (AvgIpc) is 3.03. The summed E-state index contributed by atoms with van der Waals surface area (Å²) in [6.07, 6.45) is 9.27. The Morgan fingerprint density at radius 2 is 1.84 bits per heavy atom. The van der Waals surface area contributed by atoms with Gasteiger partial charge in [0, 0.05) is 10.4 Å². The van der Waals surface area contributed by atoms with E-state index in [9.17, 15) is 4.79 Å². The molecule has 1 atom stereocenters. The van der Waals surface area contributed by atoms with Crippen molar-refractivity contribution in [2.75, 3.05) is 0 Å². The Labute approximate surface area is 123 Å². The normalized spacial score (nSPS) is 26.5. The van der Waals surface area contributed by atoms with Gasteiger partial charge in [0.05, 0.1) is 0 Å². The van der Waals surface area contributed by atoms with Crippen LogP contribution in [0, 0.1) is 11.8 Å². The number of allylic oxidation sites excluding steroid dienone is 1. The number of carbonyl (C=O) groups is 1. The number of hydrogen-bond donors (Lipinski definition) is 0. The number of halogens is 1. The van der Waals surface area contributed by atoms with Crippen molar-refractivity contribution in [3.8, 4) is 0 Å². The summed E-state index contributed by atoms with van der Waals surface area (Å²) in [4.78, 5) is 12.5. The van der Waals surface area contributed by atoms with Crippen molar-refractivity contribution in [2.24, 2.45) is 11.8 Å². The third kappa shape index (κ3) is 2.69. The molecule has 0 heterocycles. The van der Waals surface area contributed by atoms with E-state index in [1.165, 1.54) is 25.7 Å². The Kier molecular flexibility index (Phi) is 3.88. The van der Waals surface area contributed by atoms with Crippen LogP contribution in [0.4, 0.5) is 0 Å². The van der Waals surface area contributed by atoms with Crippen molar-refractivity contribution in [3.05, 3.63) is 39.9 Å². The second-order valence-corrected chi connectivity index (χ2v) is 6.60. The number of rotatable bonds is 2. The zero-order valence-electron chi connectivity index (χ0n) is 11.1. The van der Waals surface area contributed by atoms with E-state index in [2.05, 4.69) is 28.1 Å². The van der Waals surface area contributed by atoms with E-state index < -0.39 is 0 Å². The van der Waals surface area contributed by atoms with Crippen LogP contribution in [0.1, 0.15) is 44.1 Å². The molecule has 2 heteroatoms. The first-order valence-electron chi connectivity index (χ1n) is 7.25. The third-order valence-corrected chi connectivity index (χ3v) is 5.30. The smallest absolute Gasteiger partial charge is 0.162 e. The second-order valence-electron chi connectivity index (χ2n) is 5.75. The van der Waals surface area contributed by atoms with Crippen LogP contribution in [0.25, 0.3) is 6.08 Å². The summed E-state index contributed by atoms with van der Waals surface area (Å²) in [5.41, 5.74) is 2.15. The van der Waals surface area contributed by atoms with Gasteiger partial charge in [-0.05, 0) is 54.9 Å². The average molecular weight is 319 g/mol.